The molecule has 0 saturated heterocycles. The highest BCUT2D eigenvalue weighted by Gasteiger charge is 2.16. The second-order valence-electron chi connectivity index (χ2n) is 4.81. The van der Waals surface area contributed by atoms with Gasteiger partial charge in [0.15, 0.2) is 0 Å². The van der Waals surface area contributed by atoms with Gasteiger partial charge in [-0.3, -0.25) is 4.21 Å². The number of carboxylic acids is 1. The van der Waals surface area contributed by atoms with E-state index in [9.17, 15) is 9.00 Å². The molecule has 1 aromatic carbocycles. The van der Waals surface area contributed by atoms with Crippen LogP contribution in [0.5, 0.6) is 0 Å². The van der Waals surface area contributed by atoms with Gasteiger partial charge in [-0.2, -0.15) is 0 Å². The molecule has 1 N–H and O–H groups in total. The predicted octanol–water partition coefficient (Wildman–Crippen LogP) is 2.31. The van der Waals surface area contributed by atoms with E-state index in [0.29, 0.717) is 17.3 Å². The van der Waals surface area contributed by atoms with E-state index in [1.807, 2.05) is 20.8 Å². The second kappa shape index (κ2) is 6.11. The van der Waals surface area contributed by atoms with Crippen LogP contribution in [0.1, 0.15) is 31.1 Å². The molecule has 4 nitrogen and oxygen atoms in total. The normalized spacial score (nSPS) is 13.3. The van der Waals surface area contributed by atoms with E-state index in [4.69, 9.17) is 9.84 Å². The second-order valence-corrected chi connectivity index (χ2v) is 6.35. The van der Waals surface area contributed by atoms with Crippen LogP contribution in [0.3, 0.4) is 0 Å². The zero-order chi connectivity index (χ0) is 13.8. The molecule has 0 aromatic heterocycles. The van der Waals surface area contributed by atoms with Gasteiger partial charge in [0, 0.05) is 0 Å². The highest BCUT2D eigenvalue weighted by atomic mass is 32.2. The maximum Gasteiger partial charge on any atom is 0.336 e. The van der Waals surface area contributed by atoms with Crippen molar-refractivity contribution in [2.24, 2.45) is 0 Å². The summed E-state index contributed by atoms with van der Waals surface area (Å²) in [4.78, 5) is 11.3. The minimum Gasteiger partial charge on any atom is -0.478 e. The van der Waals surface area contributed by atoms with Crippen molar-refractivity contribution in [1.29, 1.82) is 0 Å². The zero-order valence-corrected chi connectivity index (χ0v) is 11.6. The predicted molar refractivity (Wildman–Crippen MR) is 70.4 cm³/mol. The van der Waals surface area contributed by atoms with Crippen molar-refractivity contribution >= 4 is 16.8 Å². The molecule has 0 amide bonds. The summed E-state index contributed by atoms with van der Waals surface area (Å²) < 4.78 is 17.5. The van der Waals surface area contributed by atoms with Gasteiger partial charge in [-0.05, 0) is 32.9 Å². The first-order valence-electron chi connectivity index (χ1n) is 5.66. The van der Waals surface area contributed by atoms with Gasteiger partial charge in [0.2, 0.25) is 0 Å². The van der Waals surface area contributed by atoms with E-state index in [0.717, 1.165) is 0 Å². The average Bonchev–Trinajstić information content (AvgIpc) is 2.27. The van der Waals surface area contributed by atoms with E-state index in [-0.39, 0.29) is 11.2 Å². The number of carboxylic acid groups (broad SMARTS) is 1. The van der Waals surface area contributed by atoms with Crippen LogP contribution in [0.25, 0.3) is 0 Å². The van der Waals surface area contributed by atoms with Crippen LogP contribution in [-0.4, -0.2) is 33.2 Å². The molecule has 5 heteroatoms. The number of aromatic carboxylic acids is 1. The quantitative estimate of drug-likeness (QED) is 0.891. The molecular weight excluding hydrogens is 252 g/mol. The van der Waals surface area contributed by atoms with Crippen LogP contribution in [0.4, 0.5) is 0 Å². The number of hydrogen-bond acceptors (Lipinski definition) is 3. The van der Waals surface area contributed by atoms with Crippen molar-refractivity contribution in [1.82, 2.24) is 0 Å². The Labute approximate surface area is 109 Å². The van der Waals surface area contributed by atoms with Crippen LogP contribution < -0.4 is 0 Å². The van der Waals surface area contributed by atoms with Crippen molar-refractivity contribution in [3.05, 3.63) is 29.8 Å². The Morgan fingerprint density at radius 2 is 1.94 bits per heavy atom. The number of rotatable bonds is 5. The number of ether oxygens (including phenoxy) is 1. The maximum atomic E-state index is 12.0. The Morgan fingerprint density at radius 3 is 2.50 bits per heavy atom. The van der Waals surface area contributed by atoms with Crippen LogP contribution in [0.2, 0.25) is 0 Å². The van der Waals surface area contributed by atoms with E-state index in [1.165, 1.54) is 6.07 Å². The summed E-state index contributed by atoms with van der Waals surface area (Å²) in [7, 11) is -1.36. The van der Waals surface area contributed by atoms with Gasteiger partial charge in [-0.1, -0.05) is 12.1 Å². The largest absolute Gasteiger partial charge is 0.478 e. The lowest BCUT2D eigenvalue weighted by atomic mass is 10.2. The van der Waals surface area contributed by atoms with E-state index in [1.54, 1.807) is 18.2 Å². The lowest BCUT2D eigenvalue weighted by Crippen LogP contribution is -2.22. The fourth-order valence-corrected chi connectivity index (χ4v) is 2.46. The van der Waals surface area contributed by atoms with Crippen LogP contribution in [0, 0.1) is 0 Å². The average molecular weight is 270 g/mol. The molecule has 0 aliphatic heterocycles. The van der Waals surface area contributed by atoms with E-state index in [2.05, 4.69) is 0 Å². The molecule has 0 aliphatic rings. The van der Waals surface area contributed by atoms with Gasteiger partial charge in [-0.25, -0.2) is 4.79 Å². The smallest absolute Gasteiger partial charge is 0.336 e. The molecule has 0 saturated carbocycles. The van der Waals surface area contributed by atoms with Gasteiger partial charge >= 0.3 is 5.97 Å². The van der Waals surface area contributed by atoms with Gasteiger partial charge in [0.1, 0.15) is 0 Å². The van der Waals surface area contributed by atoms with E-state index < -0.39 is 16.8 Å². The molecule has 0 spiro atoms. The van der Waals surface area contributed by atoms with Gasteiger partial charge in [0.05, 0.1) is 39.2 Å². The molecule has 0 fully saturated rings. The molecule has 1 unspecified atom stereocenters. The Balaban J connectivity index is 2.70. The minimum atomic E-state index is -1.36. The molecule has 0 bridgehead atoms. The van der Waals surface area contributed by atoms with Gasteiger partial charge in [0.25, 0.3) is 0 Å². The molecular formula is C13H18O4S. The van der Waals surface area contributed by atoms with Gasteiger partial charge < -0.3 is 9.84 Å². The SMILES string of the molecule is CC(C)(C)OCCS(=O)c1ccccc1C(=O)O. The Morgan fingerprint density at radius 1 is 1.33 bits per heavy atom. The summed E-state index contributed by atoms with van der Waals surface area (Å²) in [5.41, 5.74) is -0.192. The number of carbonyl (C=O) groups is 1. The van der Waals surface area contributed by atoms with Crippen LogP contribution >= 0.6 is 0 Å². The van der Waals surface area contributed by atoms with Crippen LogP contribution in [-0.2, 0) is 15.5 Å². The van der Waals surface area contributed by atoms with E-state index >= 15 is 0 Å². The first-order valence-corrected chi connectivity index (χ1v) is 6.98. The summed E-state index contributed by atoms with van der Waals surface area (Å²) >= 11 is 0. The summed E-state index contributed by atoms with van der Waals surface area (Å²) in [6.45, 7) is 6.09. The topological polar surface area (TPSA) is 63.6 Å². The molecule has 100 valence electrons. The van der Waals surface area contributed by atoms with Crippen molar-refractivity contribution in [3.8, 4) is 0 Å². The first kappa shape index (κ1) is 14.9. The third kappa shape index (κ3) is 4.58. The third-order valence-corrected chi connectivity index (χ3v) is 3.55. The fourth-order valence-electron chi connectivity index (χ4n) is 1.38. The van der Waals surface area contributed by atoms with Crippen molar-refractivity contribution in [2.75, 3.05) is 12.4 Å². The molecule has 1 atom stereocenters. The summed E-state index contributed by atoms with van der Waals surface area (Å²) in [6.07, 6.45) is 0. The molecule has 0 aliphatic carbocycles. The highest BCUT2D eigenvalue weighted by molar-refractivity contribution is 7.85. The molecule has 1 rings (SSSR count). The summed E-state index contributed by atoms with van der Waals surface area (Å²) in [5, 5.41) is 9.00. The fraction of sp³-hybridized carbons (Fsp3) is 0.462. The monoisotopic (exact) mass is 270 g/mol. The van der Waals surface area contributed by atoms with Crippen LogP contribution in [0.15, 0.2) is 29.2 Å². The lowest BCUT2D eigenvalue weighted by molar-refractivity contribution is 0.00667. The lowest BCUT2D eigenvalue weighted by Gasteiger charge is -2.19. The van der Waals surface area contributed by atoms with Crippen molar-refractivity contribution in [2.45, 2.75) is 31.3 Å². The Kier molecular flexibility index (Phi) is 5.04. The number of benzene rings is 1. The third-order valence-electron chi connectivity index (χ3n) is 2.17. The Bertz CT molecular complexity index is 449. The molecule has 18 heavy (non-hydrogen) atoms. The van der Waals surface area contributed by atoms with Crippen molar-refractivity contribution in [3.63, 3.8) is 0 Å². The summed E-state index contributed by atoms with van der Waals surface area (Å²) in [5.74, 6) is -0.766. The zero-order valence-electron chi connectivity index (χ0n) is 10.8. The standard InChI is InChI=1S/C13H18O4S/c1-13(2,3)17-8-9-18(16)11-7-5-4-6-10(11)12(14)15/h4-7H,8-9H2,1-3H3,(H,14,15). The minimum absolute atomic E-state index is 0.0894. The number of hydrogen-bond donors (Lipinski definition) is 1. The Hall–Kier alpha value is -1.20. The van der Waals surface area contributed by atoms with Gasteiger partial charge in [-0.15, -0.1) is 0 Å². The highest BCUT2D eigenvalue weighted by Crippen LogP contribution is 2.14. The summed E-state index contributed by atoms with van der Waals surface area (Å²) in [6, 6.07) is 6.34. The van der Waals surface area contributed by atoms with Crippen molar-refractivity contribution < 1.29 is 18.8 Å². The molecule has 0 radical (unpaired) electrons. The first-order chi connectivity index (χ1) is 8.31. The molecule has 1 aromatic rings. The molecule has 0 heterocycles. The maximum absolute atomic E-state index is 12.0.